The largest absolute Gasteiger partial charge is 0.310 e. The van der Waals surface area contributed by atoms with Crippen LogP contribution in [0.2, 0.25) is 0 Å². The molecule has 58 heavy (non-hydrogen) atoms. The maximum Gasteiger partial charge on any atom is 0.0543 e. The first kappa shape index (κ1) is 34.1. The maximum absolute atomic E-state index is 2.45. The number of nitrogens with zero attached hydrogens (tertiary/aromatic N) is 1. The van der Waals surface area contributed by atoms with Crippen LogP contribution in [0.25, 0.3) is 77.9 Å². The molecule has 0 bridgehead atoms. The van der Waals surface area contributed by atoms with Gasteiger partial charge in [-0.2, -0.15) is 0 Å². The van der Waals surface area contributed by atoms with Crippen LogP contribution in [0.3, 0.4) is 0 Å². The lowest BCUT2D eigenvalue weighted by Gasteiger charge is -2.29. The smallest absolute Gasteiger partial charge is 0.0543 e. The van der Waals surface area contributed by atoms with Crippen LogP contribution in [-0.4, -0.2) is 0 Å². The zero-order valence-corrected chi connectivity index (χ0v) is 32.7. The Bertz CT molecular complexity index is 3000. The highest BCUT2D eigenvalue weighted by atomic mass is 15.1. The summed E-state index contributed by atoms with van der Waals surface area (Å²) in [7, 11) is 0. The minimum Gasteiger partial charge on any atom is -0.310 e. The fourth-order valence-electron chi connectivity index (χ4n) is 9.63. The van der Waals surface area contributed by atoms with Gasteiger partial charge in [-0.25, -0.2) is 0 Å². The van der Waals surface area contributed by atoms with Gasteiger partial charge in [0, 0.05) is 22.4 Å². The molecule has 2 aliphatic carbocycles. The first-order valence-corrected chi connectivity index (χ1v) is 20.3. The molecule has 0 N–H and O–H groups in total. The van der Waals surface area contributed by atoms with E-state index in [0.29, 0.717) is 0 Å². The van der Waals surface area contributed by atoms with E-state index in [1.54, 1.807) is 0 Å². The van der Waals surface area contributed by atoms with E-state index in [2.05, 4.69) is 231 Å². The van der Waals surface area contributed by atoms with Gasteiger partial charge in [0.1, 0.15) is 0 Å². The highest BCUT2D eigenvalue weighted by Crippen LogP contribution is 2.54. The second kappa shape index (κ2) is 13.5. The standard InChI is InChI=1S/C57H41N/c1-57(2)53-24-13-12-23-51(53)56-54(57)25-14-26-55(56)58(42-32-27-39(28-33-42)38-15-4-3-5-16-38)43-34-29-40(30-35-43)41-31-36-50-48-21-9-8-19-46(48)44-17-6-7-18-45(44)47-20-10-11-22-49(47)52(50)37-41/h3-37H,1-2H3. The molecule has 274 valence electrons. The molecule has 0 atom stereocenters. The van der Waals surface area contributed by atoms with E-state index in [4.69, 9.17) is 0 Å². The van der Waals surface area contributed by atoms with E-state index >= 15 is 0 Å². The van der Waals surface area contributed by atoms with Crippen molar-refractivity contribution in [2.24, 2.45) is 0 Å². The van der Waals surface area contributed by atoms with Crippen LogP contribution in [0.1, 0.15) is 25.0 Å². The molecular weight excluding hydrogens is 699 g/mol. The molecule has 0 heterocycles. The summed E-state index contributed by atoms with van der Waals surface area (Å²) < 4.78 is 0. The lowest BCUT2D eigenvalue weighted by Crippen LogP contribution is -2.16. The average molecular weight is 740 g/mol. The zero-order chi connectivity index (χ0) is 38.8. The summed E-state index contributed by atoms with van der Waals surface area (Å²) >= 11 is 0. The van der Waals surface area contributed by atoms with Gasteiger partial charge in [-0.3, -0.25) is 0 Å². The van der Waals surface area contributed by atoms with Crippen molar-refractivity contribution in [3.63, 3.8) is 0 Å². The Balaban J connectivity index is 1.05. The summed E-state index contributed by atoms with van der Waals surface area (Å²) in [5.74, 6) is 0. The zero-order valence-electron chi connectivity index (χ0n) is 32.7. The van der Waals surface area contributed by atoms with Crippen LogP contribution in [0.5, 0.6) is 0 Å². The first-order valence-electron chi connectivity index (χ1n) is 20.3. The molecule has 0 saturated carbocycles. The van der Waals surface area contributed by atoms with E-state index in [1.165, 1.54) is 94.7 Å². The van der Waals surface area contributed by atoms with Crippen LogP contribution in [0.4, 0.5) is 17.1 Å². The molecule has 1 nitrogen and oxygen atoms in total. The topological polar surface area (TPSA) is 3.24 Å². The van der Waals surface area contributed by atoms with Crippen molar-refractivity contribution in [3.05, 3.63) is 223 Å². The van der Waals surface area contributed by atoms with E-state index < -0.39 is 0 Å². The molecule has 0 aliphatic heterocycles. The highest BCUT2D eigenvalue weighted by Gasteiger charge is 2.37. The van der Waals surface area contributed by atoms with Crippen molar-refractivity contribution in [2.45, 2.75) is 19.3 Å². The molecule has 2 aliphatic rings. The predicted molar refractivity (Wildman–Crippen MR) is 245 cm³/mol. The summed E-state index contributed by atoms with van der Waals surface area (Å²) in [5, 5.41) is 0. The summed E-state index contributed by atoms with van der Waals surface area (Å²) in [4.78, 5) is 2.45. The quantitative estimate of drug-likeness (QED) is 0.170. The molecule has 9 aromatic carbocycles. The Morgan fingerprint density at radius 3 is 1.24 bits per heavy atom. The third-order valence-corrected chi connectivity index (χ3v) is 12.5. The molecule has 1 heteroatoms. The average Bonchev–Trinajstić information content (AvgIpc) is 3.53. The third kappa shape index (κ3) is 5.39. The number of rotatable bonds is 5. The van der Waals surface area contributed by atoms with E-state index in [0.717, 1.165) is 11.4 Å². The van der Waals surface area contributed by atoms with E-state index in [-0.39, 0.29) is 5.41 Å². The molecule has 0 radical (unpaired) electrons. The van der Waals surface area contributed by atoms with Crippen LogP contribution in [0, 0.1) is 0 Å². The van der Waals surface area contributed by atoms with Crippen molar-refractivity contribution in [1.29, 1.82) is 0 Å². The van der Waals surface area contributed by atoms with Gasteiger partial charge < -0.3 is 4.90 Å². The second-order valence-electron chi connectivity index (χ2n) is 16.1. The molecule has 0 spiro atoms. The summed E-state index contributed by atoms with van der Waals surface area (Å²) in [6.07, 6.45) is 0. The van der Waals surface area contributed by atoms with Crippen LogP contribution in [-0.2, 0) is 5.41 Å². The van der Waals surface area contributed by atoms with Gasteiger partial charge in [0.05, 0.1) is 5.69 Å². The van der Waals surface area contributed by atoms with Crippen LogP contribution < -0.4 is 4.90 Å². The molecule has 11 rings (SSSR count). The fraction of sp³-hybridized carbons (Fsp3) is 0.0526. The molecule has 9 aromatic rings. The number of hydrogen-bond donors (Lipinski definition) is 0. The van der Waals surface area contributed by atoms with Gasteiger partial charge in [0.15, 0.2) is 0 Å². The summed E-state index contributed by atoms with van der Waals surface area (Å²) in [5.41, 5.74) is 23.6. The van der Waals surface area contributed by atoms with E-state index in [1.807, 2.05) is 0 Å². The maximum atomic E-state index is 2.45. The van der Waals surface area contributed by atoms with Gasteiger partial charge in [-0.15, -0.1) is 0 Å². The minimum absolute atomic E-state index is 0.0970. The number of fused-ring (bicyclic) bond motifs is 11. The normalized spacial score (nSPS) is 12.8. The van der Waals surface area contributed by atoms with Crippen LogP contribution in [0.15, 0.2) is 212 Å². The summed E-state index contributed by atoms with van der Waals surface area (Å²) in [6, 6.07) is 78.2. The Morgan fingerprint density at radius 1 is 0.293 bits per heavy atom. The SMILES string of the molecule is CC1(C)c2ccccc2-c2c(N(c3ccc(-c4ccccc4)cc3)c3ccc(-c4ccc5c(c4)-c4ccccc4-c4ccccc4-c4ccccc4-5)cc3)cccc21. The fourth-order valence-corrected chi connectivity index (χ4v) is 9.63. The number of hydrogen-bond acceptors (Lipinski definition) is 1. The van der Waals surface area contributed by atoms with Gasteiger partial charge in [-0.1, -0.05) is 190 Å². The molecular formula is C57H41N. The predicted octanol–water partition coefficient (Wildman–Crippen LogP) is 15.8. The Morgan fingerprint density at radius 2 is 0.690 bits per heavy atom. The van der Waals surface area contributed by atoms with E-state index in [9.17, 15) is 0 Å². The van der Waals surface area contributed by atoms with Crippen molar-refractivity contribution in [2.75, 3.05) is 4.90 Å². The van der Waals surface area contributed by atoms with Gasteiger partial charge >= 0.3 is 0 Å². The lowest BCUT2D eigenvalue weighted by molar-refractivity contribution is 0.660. The Labute approximate surface area is 341 Å². The third-order valence-electron chi connectivity index (χ3n) is 12.5. The Hall–Kier alpha value is -7.22. The monoisotopic (exact) mass is 739 g/mol. The lowest BCUT2D eigenvalue weighted by atomic mass is 9.80. The number of benzene rings is 9. The second-order valence-corrected chi connectivity index (χ2v) is 16.1. The molecule has 0 saturated heterocycles. The van der Waals surface area contributed by atoms with Crippen LogP contribution >= 0.6 is 0 Å². The van der Waals surface area contributed by atoms with Gasteiger partial charge in [0.25, 0.3) is 0 Å². The molecule has 0 fully saturated rings. The van der Waals surface area contributed by atoms with Gasteiger partial charge in [-0.05, 0) is 120 Å². The van der Waals surface area contributed by atoms with Crippen molar-refractivity contribution in [1.82, 2.24) is 0 Å². The molecule has 0 aromatic heterocycles. The van der Waals surface area contributed by atoms with Gasteiger partial charge in [0.2, 0.25) is 0 Å². The number of anilines is 3. The molecule has 0 amide bonds. The minimum atomic E-state index is -0.0970. The van der Waals surface area contributed by atoms with Crippen molar-refractivity contribution >= 4 is 17.1 Å². The van der Waals surface area contributed by atoms with Crippen molar-refractivity contribution in [3.8, 4) is 77.9 Å². The van der Waals surface area contributed by atoms with Crippen molar-refractivity contribution < 1.29 is 0 Å². The highest BCUT2D eigenvalue weighted by molar-refractivity contribution is 6.04. The Kier molecular flexibility index (Phi) is 7.91. The molecule has 0 unspecified atom stereocenters. The first-order chi connectivity index (χ1) is 28.5. The summed E-state index contributed by atoms with van der Waals surface area (Å²) in [6.45, 7) is 4.71.